The van der Waals surface area contributed by atoms with E-state index in [4.69, 9.17) is 0 Å². The van der Waals surface area contributed by atoms with E-state index in [-0.39, 0.29) is 0 Å². The van der Waals surface area contributed by atoms with Crippen LogP contribution in [0.2, 0.25) is 0 Å². The highest BCUT2D eigenvalue weighted by Crippen LogP contribution is 2.18. The topological polar surface area (TPSA) is 43.6 Å². The second-order valence-corrected chi connectivity index (χ2v) is 5.32. The maximum atomic E-state index is 3.54. The Hall–Kier alpha value is -2.52. The van der Waals surface area contributed by atoms with E-state index >= 15 is 0 Å². The van der Waals surface area contributed by atoms with Gasteiger partial charge in [0.15, 0.2) is 0 Å². The average Bonchev–Trinajstić information content (AvgIpc) is 3.16. The first kappa shape index (κ1) is 12.2. The van der Waals surface area contributed by atoms with Crippen LogP contribution in [0.15, 0.2) is 60.9 Å². The lowest BCUT2D eigenvalue weighted by molar-refractivity contribution is 0.698. The van der Waals surface area contributed by atoms with E-state index in [9.17, 15) is 0 Å². The zero-order chi connectivity index (χ0) is 14.1. The minimum absolute atomic E-state index is 0.856. The first-order valence-corrected chi connectivity index (χ1v) is 7.22. The van der Waals surface area contributed by atoms with Crippen LogP contribution < -0.4 is 5.32 Å². The maximum absolute atomic E-state index is 3.54. The molecule has 0 spiro atoms. The lowest BCUT2D eigenvalue weighted by Crippen LogP contribution is -2.13. The SMILES string of the molecule is c1cc(CNCc2cccc3cc[nH]c23)c2[nH]ccc2c1. The van der Waals surface area contributed by atoms with Crippen molar-refractivity contribution >= 4 is 21.8 Å². The molecule has 4 rings (SSSR count). The van der Waals surface area contributed by atoms with Crippen LogP contribution in [0.3, 0.4) is 0 Å². The summed E-state index contributed by atoms with van der Waals surface area (Å²) < 4.78 is 0. The fraction of sp³-hybridized carbons (Fsp3) is 0.111. The third-order valence-corrected chi connectivity index (χ3v) is 3.98. The Morgan fingerprint density at radius 3 is 1.71 bits per heavy atom. The minimum atomic E-state index is 0.856. The molecule has 2 heterocycles. The van der Waals surface area contributed by atoms with Gasteiger partial charge in [-0.1, -0.05) is 36.4 Å². The molecule has 0 unspecified atom stereocenters. The molecule has 3 N–H and O–H groups in total. The number of H-pyrrole nitrogens is 2. The van der Waals surface area contributed by atoms with Gasteiger partial charge in [0.25, 0.3) is 0 Å². The van der Waals surface area contributed by atoms with Crippen LogP contribution in [0.4, 0.5) is 0 Å². The van der Waals surface area contributed by atoms with Gasteiger partial charge >= 0.3 is 0 Å². The summed E-state index contributed by atoms with van der Waals surface area (Å²) in [6.45, 7) is 1.71. The Balaban J connectivity index is 1.53. The summed E-state index contributed by atoms with van der Waals surface area (Å²) in [7, 11) is 0. The molecule has 0 aliphatic rings. The number of nitrogens with one attached hydrogen (secondary N) is 3. The molecular weight excluding hydrogens is 258 g/mol. The van der Waals surface area contributed by atoms with Gasteiger partial charge in [0.2, 0.25) is 0 Å². The van der Waals surface area contributed by atoms with Gasteiger partial charge < -0.3 is 15.3 Å². The number of hydrogen-bond acceptors (Lipinski definition) is 1. The molecule has 2 aromatic heterocycles. The predicted molar refractivity (Wildman–Crippen MR) is 87.1 cm³/mol. The first-order valence-electron chi connectivity index (χ1n) is 7.22. The number of rotatable bonds is 4. The largest absolute Gasteiger partial charge is 0.361 e. The molecule has 0 fully saturated rings. The molecule has 0 aliphatic heterocycles. The molecule has 2 aromatic carbocycles. The molecule has 0 atom stereocenters. The number of aromatic amines is 2. The van der Waals surface area contributed by atoms with Crippen molar-refractivity contribution in [1.29, 1.82) is 0 Å². The van der Waals surface area contributed by atoms with Crippen LogP contribution in [0.25, 0.3) is 21.8 Å². The van der Waals surface area contributed by atoms with E-state index in [0.29, 0.717) is 0 Å². The normalized spacial score (nSPS) is 11.4. The molecule has 3 heteroatoms. The van der Waals surface area contributed by atoms with E-state index in [2.05, 4.69) is 63.8 Å². The van der Waals surface area contributed by atoms with Gasteiger partial charge in [-0.15, -0.1) is 0 Å². The quantitative estimate of drug-likeness (QED) is 0.519. The van der Waals surface area contributed by atoms with Gasteiger partial charge in [-0.3, -0.25) is 0 Å². The number of hydrogen-bond donors (Lipinski definition) is 3. The number of benzene rings is 2. The average molecular weight is 275 g/mol. The van der Waals surface area contributed by atoms with Crippen molar-refractivity contribution in [1.82, 2.24) is 15.3 Å². The van der Waals surface area contributed by atoms with Crippen LogP contribution in [-0.2, 0) is 13.1 Å². The van der Waals surface area contributed by atoms with Gasteiger partial charge in [0, 0.05) is 36.5 Å². The Morgan fingerprint density at radius 2 is 1.19 bits per heavy atom. The maximum Gasteiger partial charge on any atom is 0.0499 e. The van der Waals surface area contributed by atoms with Crippen LogP contribution in [0.1, 0.15) is 11.1 Å². The van der Waals surface area contributed by atoms with E-state index in [1.165, 1.54) is 32.9 Å². The Labute approximate surface area is 123 Å². The molecule has 0 aliphatic carbocycles. The summed E-state index contributed by atoms with van der Waals surface area (Å²) >= 11 is 0. The van der Waals surface area contributed by atoms with Crippen LogP contribution in [0.5, 0.6) is 0 Å². The van der Waals surface area contributed by atoms with Crippen LogP contribution >= 0.6 is 0 Å². The summed E-state index contributed by atoms with van der Waals surface area (Å²) in [4.78, 5) is 6.63. The molecule has 3 nitrogen and oxygen atoms in total. The fourth-order valence-electron chi connectivity index (χ4n) is 2.93. The van der Waals surface area contributed by atoms with Gasteiger partial charge in [0.1, 0.15) is 0 Å². The zero-order valence-electron chi connectivity index (χ0n) is 11.7. The number of para-hydroxylation sites is 2. The lowest BCUT2D eigenvalue weighted by Gasteiger charge is -2.07. The van der Waals surface area contributed by atoms with Crippen molar-refractivity contribution in [2.24, 2.45) is 0 Å². The van der Waals surface area contributed by atoms with Gasteiger partial charge in [0.05, 0.1) is 0 Å². The van der Waals surface area contributed by atoms with Crippen LogP contribution in [-0.4, -0.2) is 9.97 Å². The fourth-order valence-corrected chi connectivity index (χ4v) is 2.93. The van der Waals surface area contributed by atoms with Crippen molar-refractivity contribution in [3.05, 3.63) is 72.1 Å². The van der Waals surface area contributed by atoms with Crippen molar-refractivity contribution < 1.29 is 0 Å². The standard InChI is InChI=1S/C18H17N3/c1-3-13-7-9-20-17(13)15(5-1)11-19-12-16-6-2-4-14-8-10-21-18(14)16/h1-10,19-21H,11-12H2. The first-order chi connectivity index (χ1) is 10.4. The molecule has 21 heavy (non-hydrogen) atoms. The third kappa shape index (κ3) is 2.22. The van der Waals surface area contributed by atoms with Gasteiger partial charge in [-0.25, -0.2) is 0 Å². The zero-order valence-corrected chi connectivity index (χ0v) is 11.7. The Bertz CT molecular complexity index is 811. The molecule has 0 amide bonds. The van der Waals surface area contributed by atoms with Crippen molar-refractivity contribution in [3.63, 3.8) is 0 Å². The predicted octanol–water partition coefficient (Wildman–Crippen LogP) is 3.94. The van der Waals surface area contributed by atoms with Gasteiger partial charge in [-0.05, 0) is 34.0 Å². The van der Waals surface area contributed by atoms with Gasteiger partial charge in [-0.2, -0.15) is 0 Å². The minimum Gasteiger partial charge on any atom is -0.361 e. The molecule has 0 radical (unpaired) electrons. The highest BCUT2D eigenvalue weighted by atomic mass is 14.9. The smallest absolute Gasteiger partial charge is 0.0499 e. The Kier molecular flexibility index (Phi) is 2.98. The van der Waals surface area contributed by atoms with Crippen LogP contribution in [0, 0.1) is 0 Å². The van der Waals surface area contributed by atoms with E-state index in [0.717, 1.165) is 13.1 Å². The van der Waals surface area contributed by atoms with E-state index < -0.39 is 0 Å². The summed E-state index contributed by atoms with van der Waals surface area (Å²) in [5.74, 6) is 0. The van der Waals surface area contributed by atoms with E-state index in [1.807, 2.05) is 12.4 Å². The molecule has 104 valence electrons. The summed E-state index contributed by atoms with van der Waals surface area (Å²) in [6, 6.07) is 17.0. The summed E-state index contributed by atoms with van der Waals surface area (Å²) in [6.07, 6.45) is 3.99. The second-order valence-electron chi connectivity index (χ2n) is 5.32. The molecule has 0 bridgehead atoms. The third-order valence-electron chi connectivity index (χ3n) is 3.98. The number of aromatic nitrogens is 2. The monoisotopic (exact) mass is 275 g/mol. The lowest BCUT2D eigenvalue weighted by atomic mass is 10.1. The molecule has 0 saturated heterocycles. The van der Waals surface area contributed by atoms with Crippen molar-refractivity contribution in [3.8, 4) is 0 Å². The summed E-state index contributed by atoms with van der Waals surface area (Å²) in [5, 5.41) is 6.07. The molecular formula is C18H17N3. The second kappa shape index (κ2) is 5.11. The van der Waals surface area contributed by atoms with Crippen molar-refractivity contribution in [2.75, 3.05) is 0 Å². The highest BCUT2D eigenvalue weighted by molar-refractivity contribution is 5.83. The molecule has 0 saturated carbocycles. The van der Waals surface area contributed by atoms with Crippen molar-refractivity contribution in [2.45, 2.75) is 13.1 Å². The number of fused-ring (bicyclic) bond motifs is 2. The molecule has 4 aromatic rings. The highest BCUT2D eigenvalue weighted by Gasteiger charge is 2.03. The summed E-state index contributed by atoms with van der Waals surface area (Å²) in [5.41, 5.74) is 5.05. The van der Waals surface area contributed by atoms with E-state index in [1.54, 1.807) is 0 Å². The Morgan fingerprint density at radius 1 is 0.667 bits per heavy atom.